The molecule has 16 heavy (non-hydrogen) atoms. The van der Waals surface area contributed by atoms with Crippen LogP contribution >= 0.6 is 0 Å². The lowest BCUT2D eigenvalue weighted by molar-refractivity contribution is -0.137. The third-order valence-electron chi connectivity index (χ3n) is 2.07. The van der Waals surface area contributed by atoms with Crippen LogP contribution in [0.5, 0.6) is 0 Å². The maximum absolute atomic E-state index is 13.3. The van der Waals surface area contributed by atoms with Gasteiger partial charge in [-0.2, -0.15) is 13.2 Å². The molecule has 1 rings (SSSR count). The number of methoxy groups -OCH3 is 1. The molecule has 6 heteroatoms. The summed E-state index contributed by atoms with van der Waals surface area (Å²) in [6.45, 7) is 0.0439. The highest BCUT2D eigenvalue weighted by atomic mass is 19.4. The van der Waals surface area contributed by atoms with E-state index in [4.69, 9.17) is 10.5 Å². The predicted molar refractivity (Wildman–Crippen MR) is 50.2 cm³/mol. The zero-order valence-electron chi connectivity index (χ0n) is 8.51. The van der Waals surface area contributed by atoms with Crippen molar-refractivity contribution in [1.29, 1.82) is 0 Å². The number of rotatable bonds is 3. The van der Waals surface area contributed by atoms with E-state index in [0.29, 0.717) is 6.07 Å². The minimum atomic E-state index is -4.55. The van der Waals surface area contributed by atoms with E-state index in [1.54, 1.807) is 0 Å². The molecule has 0 bridgehead atoms. The molecular formula is C10H11F4NO. The standard InChI is InChI=1S/C10H11F4NO/c1-16-5-9(15)7-3-2-6(4-8(7)11)10(12,13)14/h2-4,9H,5,15H2,1H3/t9-/m0/s1. The highest BCUT2D eigenvalue weighted by molar-refractivity contribution is 5.28. The van der Waals surface area contributed by atoms with Crippen molar-refractivity contribution in [3.63, 3.8) is 0 Å². The van der Waals surface area contributed by atoms with Crippen molar-refractivity contribution in [1.82, 2.24) is 0 Å². The van der Waals surface area contributed by atoms with Crippen LogP contribution in [0.2, 0.25) is 0 Å². The van der Waals surface area contributed by atoms with Crippen LogP contribution in [-0.4, -0.2) is 13.7 Å². The van der Waals surface area contributed by atoms with Gasteiger partial charge in [0.1, 0.15) is 5.82 Å². The van der Waals surface area contributed by atoms with Gasteiger partial charge in [-0.15, -0.1) is 0 Å². The molecule has 1 aromatic carbocycles. The molecule has 2 N–H and O–H groups in total. The molecule has 0 saturated carbocycles. The van der Waals surface area contributed by atoms with Crippen molar-refractivity contribution in [2.75, 3.05) is 13.7 Å². The Balaban J connectivity index is 3.00. The van der Waals surface area contributed by atoms with Crippen LogP contribution in [0.15, 0.2) is 18.2 Å². The average molecular weight is 237 g/mol. The van der Waals surface area contributed by atoms with Gasteiger partial charge >= 0.3 is 6.18 Å². The Bertz CT molecular complexity index is 364. The van der Waals surface area contributed by atoms with Crippen LogP contribution in [-0.2, 0) is 10.9 Å². The van der Waals surface area contributed by atoms with Gasteiger partial charge in [0.05, 0.1) is 18.2 Å². The lowest BCUT2D eigenvalue weighted by atomic mass is 10.0. The summed E-state index contributed by atoms with van der Waals surface area (Å²) in [5, 5.41) is 0. The normalized spacial score (nSPS) is 13.9. The smallest absolute Gasteiger partial charge is 0.383 e. The van der Waals surface area contributed by atoms with Crippen LogP contribution in [0.1, 0.15) is 17.2 Å². The molecule has 0 aliphatic heterocycles. The molecule has 0 heterocycles. The Morgan fingerprint density at radius 1 is 1.38 bits per heavy atom. The van der Waals surface area contributed by atoms with E-state index >= 15 is 0 Å². The summed E-state index contributed by atoms with van der Waals surface area (Å²) in [7, 11) is 1.38. The Kier molecular flexibility index (Phi) is 3.88. The molecular weight excluding hydrogens is 226 g/mol. The summed E-state index contributed by atoms with van der Waals surface area (Å²) in [5.41, 5.74) is 4.50. The van der Waals surface area contributed by atoms with E-state index in [0.717, 1.165) is 12.1 Å². The van der Waals surface area contributed by atoms with Crippen molar-refractivity contribution in [2.24, 2.45) is 5.73 Å². The van der Waals surface area contributed by atoms with Crippen molar-refractivity contribution in [3.8, 4) is 0 Å². The molecule has 0 aliphatic carbocycles. The molecule has 90 valence electrons. The molecule has 0 saturated heterocycles. The topological polar surface area (TPSA) is 35.2 Å². The summed E-state index contributed by atoms with van der Waals surface area (Å²) in [6, 6.07) is 1.49. The fraction of sp³-hybridized carbons (Fsp3) is 0.400. The largest absolute Gasteiger partial charge is 0.416 e. The van der Waals surface area contributed by atoms with Gasteiger partial charge in [0.2, 0.25) is 0 Å². The Morgan fingerprint density at radius 3 is 2.44 bits per heavy atom. The highest BCUT2D eigenvalue weighted by Crippen LogP contribution is 2.31. The number of alkyl halides is 3. The van der Waals surface area contributed by atoms with Gasteiger partial charge in [0.15, 0.2) is 0 Å². The SMILES string of the molecule is COC[C@H](N)c1ccc(C(F)(F)F)cc1F. The number of hydrogen-bond donors (Lipinski definition) is 1. The summed E-state index contributed by atoms with van der Waals surface area (Å²) < 4.78 is 54.7. The van der Waals surface area contributed by atoms with Gasteiger partial charge in [-0.25, -0.2) is 4.39 Å². The monoisotopic (exact) mass is 237 g/mol. The molecule has 1 atom stereocenters. The average Bonchev–Trinajstić information content (AvgIpc) is 2.16. The molecule has 0 fully saturated rings. The first-order valence-corrected chi connectivity index (χ1v) is 4.47. The van der Waals surface area contributed by atoms with E-state index in [2.05, 4.69) is 0 Å². The minimum absolute atomic E-state index is 0.00912. The van der Waals surface area contributed by atoms with Crippen molar-refractivity contribution in [3.05, 3.63) is 35.1 Å². The van der Waals surface area contributed by atoms with Crippen LogP contribution in [0.3, 0.4) is 0 Å². The second-order valence-electron chi connectivity index (χ2n) is 3.30. The first kappa shape index (κ1) is 12.9. The zero-order valence-corrected chi connectivity index (χ0v) is 8.51. The number of nitrogens with two attached hydrogens (primary N) is 1. The van der Waals surface area contributed by atoms with Gasteiger partial charge in [0.25, 0.3) is 0 Å². The van der Waals surface area contributed by atoms with E-state index in [-0.39, 0.29) is 12.2 Å². The maximum atomic E-state index is 13.3. The first-order chi connectivity index (χ1) is 7.36. The molecule has 0 unspecified atom stereocenters. The predicted octanol–water partition coefficient (Wildman–Crippen LogP) is 2.49. The number of hydrogen-bond acceptors (Lipinski definition) is 2. The van der Waals surface area contributed by atoms with Gasteiger partial charge in [-0.1, -0.05) is 6.07 Å². The number of ether oxygens (including phenoxy) is 1. The summed E-state index contributed by atoms with van der Waals surface area (Å²) in [4.78, 5) is 0. The quantitative estimate of drug-likeness (QED) is 0.820. The number of halogens is 4. The van der Waals surface area contributed by atoms with E-state index < -0.39 is 23.6 Å². The lowest BCUT2D eigenvalue weighted by Crippen LogP contribution is -2.18. The van der Waals surface area contributed by atoms with Gasteiger partial charge in [-0.05, 0) is 12.1 Å². The van der Waals surface area contributed by atoms with Crippen LogP contribution in [0.25, 0.3) is 0 Å². The molecule has 1 aromatic rings. The van der Waals surface area contributed by atoms with E-state index in [1.165, 1.54) is 7.11 Å². The van der Waals surface area contributed by atoms with Crippen LogP contribution < -0.4 is 5.73 Å². The van der Waals surface area contributed by atoms with E-state index in [9.17, 15) is 17.6 Å². The zero-order chi connectivity index (χ0) is 12.3. The van der Waals surface area contributed by atoms with E-state index in [1.807, 2.05) is 0 Å². The molecule has 2 nitrogen and oxygen atoms in total. The van der Waals surface area contributed by atoms with Gasteiger partial charge < -0.3 is 10.5 Å². The Morgan fingerprint density at radius 2 is 2.00 bits per heavy atom. The third-order valence-corrected chi connectivity index (χ3v) is 2.07. The summed E-state index contributed by atoms with van der Waals surface area (Å²) in [5.74, 6) is -0.973. The second kappa shape index (κ2) is 4.80. The second-order valence-corrected chi connectivity index (χ2v) is 3.30. The van der Waals surface area contributed by atoms with Crippen molar-refractivity contribution < 1.29 is 22.3 Å². The minimum Gasteiger partial charge on any atom is -0.383 e. The van der Waals surface area contributed by atoms with Crippen LogP contribution in [0.4, 0.5) is 17.6 Å². The fourth-order valence-electron chi connectivity index (χ4n) is 1.27. The van der Waals surface area contributed by atoms with Gasteiger partial charge in [-0.3, -0.25) is 0 Å². The van der Waals surface area contributed by atoms with Crippen molar-refractivity contribution >= 4 is 0 Å². The highest BCUT2D eigenvalue weighted by Gasteiger charge is 2.31. The fourth-order valence-corrected chi connectivity index (χ4v) is 1.27. The Hall–Kier alpha value is -1.14. The number of benzene rings is 1. The maximum Gasteiger partial charge on any atom is 0.416 e. The molecule has 0 aromatic heterocycles. The summed E-state index contributed by atoms with van der Waals surface area (Å²) >= 11 is 0. The van der Waals surface area contributed by atoms with Gasteiger partial charge in [0, 0.05) is 12.7 Å². The van der Waals surface area contributed by atoms with Crippen molar-refractivity contribution in [2.45, 2.75) is 12.2 Å². The molecule has 0 amide bonds. The molecule has 0 radical (unpaired) electrons. The molecule has 0 spiro atoms. The Labute approximate surface area is 90.0 Å². The van der Waals surface area contributed by atoms with Crippen LogP contribution in [0, 0.1) is 5.82 Å². The molecule has 0 aliphatic rings. The summed E-state index contributed by atoms with van der Waals surface area (Å²) in [6.07, 6.45) is -4.55. The lowest BCUT2D eigenvalue weighted by Gasteiger charge is -2.13. The third kappa shape index (κ3) is 2.93. The first-order valence-electron chi connectivity index (χ1n) is 4.47.